The van der Waals surface area contributed by atoms with Crippen LogP contribution in [0.4, 0.5) is 13.2 Å². The minimum absolute atomic E-state index is 0.0627. The van der Waals surface area contributed by atoms with Crippen molar-refractivity contribution in [2.24, 2.45) is 0 Å². The van der Waals surface area contributed by atoms with Gasteiger partial charge in [-0.25, -0.2) is 0 Å². The molecule has 0 fully saturated rings. The molecule has 0 aliphatic rings. The third kappa shape index (κ3) is 9.55. The van der Waals surface area contributed by atoms with E-state index >= 15 is 0 Å². The summed E-state index contributed by atoms with van der Waals surface area (Å²) in [5, 5.41) is -1.07. The van der Waals surface area contributed by atoms with Gasteiger partial charge in [-0.1, -0.05) is 80.3 Å². The molecule has 1 atom stereocenters. The normalized spacial score (nSPS) is 12.6. The van der Waals surface area contributed by atoms with E-state index in [1.807, 2.05) is 36.4 Å². The van der Waals surface area contributed by atoms with Crippen LogP contribution in [0.3, 0.4) is 0 Å². The summed E-state index contributed by atoms with van der Waals surface area (Å²) < 4.78 is 71.2. The average Bonchev–Trinajstić information content (AvgIpc) is 2.90. The Morgan fingerprint density at radius 3 is 2.23 bits per heavy atom. The minimum Gasteiger partial charge on any atom is -0.382 e. The number of amides is 1. The second-order valence-corrected chi connectivity index (χ2v) is 11.7. The first-order chi connectivity index (χ1) is 19.0. The average molecular weight is 596 g/mol. The molecule has 1 unspecified atom stereocenters. The van der Waals surface area contributed by atoms with Gasteiger partial charge in [-0.05, 0) is 66.8 Å². The zero-order valence-electron chi connectivity index (χ0n) is 22.2. The van der Waals surface area contributed by atoms with Crippen molar-refractivity contribution >= 4 is 27.6 Å². The van der Waals surface area contributed by atoms with Gasteiger partial charge in [0.05, 0.1) is 5.56 Å². The molecule has 3 aromatic rings. The lowest BCUT2D eigenvalue weighted by atomic mass is 10.1. The van der Waals surface area contributed by atoms with Crippen LogP contribution in [0.1, 0.15) is 55.7 Å². The number of hydrogen-bond acceptors (Lipinski definition) is 4. The molecule has 3 aromatic carbocycles. The third-order valence-electron chi connectivity index (χ3n) is 6.41. The Hall–Kier alpha value is -3.04. The number of aryl methyl sites for hydroxylation is 1. The van der Waals surface area contributed by atoms with Gasteiger partial charge < -0.3 is 9.08 Å². The summed E-state index contributed by atoms with van der Waals surface area (Å²) in [5.74, 6) is -0.922. The highest BCUT2D eigenvalue weighted by Gasteiger charge is 2.38. The fourth-order valence-corrected chi connectivity index (χ4v) is 5.79. The molecule has 0 heterocycles. The maximum Gasteiger partial charge on any atom is 0.416 e. The highest BCUT2D eigenvalue weighted by atomic mass is 35.5. The summed E-state index contributed by atoms with van der Waals surface area (Å²) in [6.45, 7) is 2.56. The number of halogens is 4. The van der Waals surface area contributed by atoms with Gasteiger partial charge >= 0.3 is 16.3 Å². The van der Waals surface area contributed by atoms with Gasteiger partial charge in [0.2, 0.25) is 5.91 Å². The SMILES string of the molecule is CCCCCCN(Cc1cccc(Cl)c1)C(=O)C(CCc1ccccc1)S(=O)(=O)Oc1ccc(C(F)(F)F)cc1. The predicted octanol–water partition coefficient (Wildman–Crippen LogP) is 7.68. The Morgan fingerprint density at radius 2 is 1.60 bits per heavy atom. The van der Waals surface area contributed by atoms with Crippen LogP contribution in [0, 0.1) is 0 Å². The Kier molecular flexibility index (Phi) is 11.5. The van der Waals surface area contributed by atoms with Gasteiger partial charge in [-0.15, -0.1) is 0 Å². The molecule has 0 saturated carbocycles. The fourth-order valence-electron chi connectivity index (χ4n) is 4.28. The van der Waals surface area contributed by atoms with E-state index < -0.39 is 33.0 Å². The van der Waals surface area contributed by atoms with Gasteiger partial charge in [0.25, 0.3) is 0 Å². The molecule has 10 heteroatoms. The molecule has 0 aromatic heterocycles. The second-order valence-electron chi connectivity index (χ2n) is 9.56. The molecule has 0 aliphatic carbocycles. The molecule has 0 radical (unpaired) electrons. The highest BCUT2D eigenvalue weighted by Crippen LogP contribution is 2.31. The van der Waals surface area contributed by atoms with Crippen molar-refractivity contribution in [3.05, 3.63) is 101 Å². The van der Waals surface area contributed by atoms with Crippen LogP contribution in [-0.4, -0.2) is 31.0 Å². The van der Waals surface area contributed by atoms with Crippen molar-refractivity contribution in [3.63, 3.8) is 0 Å². The number of benzene rings is 3. The summed E-state index contributed by atoms with van der Waals surface area (Å²) in [6, 6.07) is 19.5. The Labute approximate surface area is 239 Å². The number of nitrogens with zero attached hydrogens (tertiary/aromatic N) is 1. The molecule has 0 spiro atoms. The van der Waals surface area contributed by atoms with E-state index in [-0.39, 0.29) is 25.1 Å². The molecule has 0 bridgehead atoms. The number of carbonyl (C=O) groups excluding carboxylic acids is 1. The summed E-state index contributed by atoms with van der Waals surface area (Å²) >= 11 is 6.15. The number of hydrogen-bond donors (Lipinski definition) is 0. The topological polar surface area (TPSA) is 63.7 Å². The zero-order chi connectivity index (χ0) is 29.2. The minimum atomic E-state index is -4.58. The van der Waals surface area contributed by atoms with Crippen LogP contribution in [0.25, 0.3) is 0 Å². The van der Waals surface area contributed by atoms with E-state index in [1.54, 1.807) is 18.2 Å². The van der Waals surface area contributed by atoms with E-state index in [4.69, 9.17) is 15.8 Å². The molecule has 0 saturated heterocycles. The van der Waals surface area contributed by atoms with Crippen molar-refractivity contribution in [1.82, 2.24) is 4.90 Å². The Bertz CT molecular complexity index is 1330. The fraction of sp³-hybridized carbons (Fsp3) is 0.367. The van der Waals surface area contributed by atoms with Crippen LogP contribution in [-0.2, 0) is 34.1 Å². The Balaban J connectivity index is 1.90. The van der Waals surface area contributed by atoms with E-state index in [0.29, 0.717) is 18.0 Å². The number of alkyl halides is 3. The third-order valence-corrected chi connectivity index (χ3v) is 8.21. The predicted molar refractivity (Wildman–Crippen MR) is 151 cm³/mol. The lowest BCUT2D eigenvalue weighted by Crippen LogP contribution is -2.45. The van der Waals surface area contributed by atoms with Crippen molar-refractivity contribution in [3.8, 4) is 5.75 Å². The van der Waals surface area contributed by atoms with E-state index in [0.717, 1.165) is 54.7 Å². The lowest BCUT2D eigenvalue weighted by molar-refractivity contribution is -0.137. The Morgan fingerprint density at radius 1 is 0.925 bits per heavy atom. The van der Waals surface area contributed by atoms with Crippen LogP contribution >= 0.6 is 11.6 Å². The van der Waals surface area contributed by atoms with Gasteiger partial charge in [0.15, 0.2) is 5.25 Å². The summed E-state index contributed by atoms with van der Waals surface area (Å²) in [5.41, 5.74) is 0.655. The summed E-state index contributed by atoms with van der Waals surface area (Å²) in [6.07, 6.45) is -0.821. The van der Waals surface area contributed by atoms with E-state index in [9.17, 15) is 26.4 Å². The smallest absolute Gasteiger partial charge is 0.382 e. The second kappa shape index (κ2) is 14.6. The first-order valence-electron chi connectivity index (χ1n) is 13.2. The lowest BCUT2D eigenvalue weighted by Gasteiger charge is -2.27. The quantitative estimate of drug-likeness (QED) is 0.142. The molecule has 0 N–H and O–H groups in total. The van der Waals surface area contributed by atoms with Crippen LogP contribution in [0.5, 0.6) is 5.75 Å². The van der Waals surface area contributed by atoms with Crippen LogP contribution in [0.2, 0.25) is 5.02 Å². The van der Waals surface area contributed by atoms with E-state index in [2.05, 4.69) is 6.92 Å². The monoisotopic (exact) mass is 595 g/mol. The molecule has 0 aliphatic heterocycles. The largest absolute Gasteiger partial charge is 0.416 e. The van der Waals surface area contributed by atoms with Gasteiger partial charge in [0, 0.05) is 18.1 Å². The standard InChI is InChI=1S/C30H33ClF3NO4S/c1-2-3-4-8-20-35(22-24-12-9-13-26(31)21-24)29(36)28(19-14-23-10-6-5-7-11-23)40(37,38)39-27-17-15-25(16-18-27)30(32,33)34/h5-7,9-13,15-18,21,28H,2-4,8,14,19-20,22H2,1H3. The van der Waals surface area contributed by atoms with Gasteiger partial charge in [0.1, 0.15) is 5.75 Å². The summed E-state index contributed by atoms with van der Waals surface area (Å²) in [7, 11) is -4.57. The van der Waals surface area contributed by atoms with Crippen molar-refractivity contribution in [1.29, 1.82) is 0 Å². The van der Waals surface area contributed by atoms with Crippen molar-refractivity contribution in [2.75, 3.05) is 6.54 Å². The first-order valence-corrected chi connectivity index (χ1v) is 15.0. The van der Waals surface area contributed by atoms with Crippen LogP contribution in [0.15, 0.2) is 78.9 Å². The molecular formula is C30H33ClF3NO4S. The van der Waals surface area contributed by atoms with Crippen LogP contribution < -0.4 is 4.18 Å². The number of rotatable bonds is 14. The van der Waals surface area contributed by atoms with Gasteiger partial charge in [-0.3, -0.25) is 4.79 Å². The first kappa shape index (κ1) is 31.5. The summed E-state index contributed by atoms with van der Waals surface area (Å²) in [4.78, 5) is 15.4. The molecule has 5 nitrogen and oxygen atoms in total. The van der Waals surface area contributed by atoms with Crippen molar-refractivity contribution in [2.45, 2.75) is 63.4 Å². The molecular weight excluding hydrogens is 563 g/mol. The van der Waals surface area contributed by atoms with Gasteiger partial charge in [-0.2, -0.15) is 21.6 Å². The molecule has 1 amide bonds. The number of unbranched alkanes of at least 4 members (excludes halogenated alkanes) is 3. The molecule has 3 rings (SSSR count). The highest BCUT2D eigenvalue weighted by molar-refractivity contribution is 7.88. The maximum atomic E-state index is 13.9. The zero-order valence-corrected chi connectivity index (χ0v) is 23.8. The maximum absolute atomic E-state index is 13.9. The van der Waals surface area contributed by atoms with E-state index in [1.165, 1.54) is 4.90 Å². The molecule has 40 heavy (non-hydrogen) atoms. The number of carbonyl (C=O) groups is 1. The molecule has 216 valence electrons. The van der Waals surface area contributed by atoms with Crippen molar-refractivity contribution < 1.29 is 30.6 Å².